The highest BCUT2D eigenvalue weighted by Gasteiger charge is 2.38. The summed E-state index contributed by atoms with van der Waals surface area (Å²) in [6, 6.07) is 10.9. The molecule has 1 fully saturated rings. The van der Waals surface area contributed by atoms with Crippen LogP contribution in [-0.2, 0) is 20.9 Å². The molecular formula is C26H27FN4O4. The van der Waals surface area contributed by atoms with Gasteiger partial charge in [0.05, 0.1) is 11.9 Å². The van der Waals surface area contributed by atoms with Crippen molar-refractivity contribution in [3.05, 3.63) is 83.8 Å². The maximum absolute atomic E-state index is 13.5. The third-order valence-electron chi connectivity index (χ3n) is 5.94. The number of hydrogen-bond acceptors (Lipinski definition) is 5. The van der Waals surface area contributed by atoms with E-state index >= 15 is 0 Å². The molecule has 3 aromatic rings. The largest absolute Gasteiger partial charge is 0.464 e. The normalized spacial score (nSPS) is 14.3. The van der Waals surface area contributed by atoms with Gasteiger partial charge < -0.3 is 15.1 Å². The molecule has 35 heavy (non-hydrogen) atoms. The van der Waals surface area contributed by atoms with Gasteiger partial charge in [0.2, 0.25) is 0 Å². The van der Waals surface area contributed by atoms with Gasteiger partial charge in [-0.2, -0.15) is 0 Å². The quantitative estimate of drug-likeness (QED) is 0.505. The molecule has 1 aromatic carbocycles. The molecule has 1 unspecified atom stereocenters. The summed E-state index contributed by atoms with van der Waals surface area (Å²) in [4.78, 5) is 45.1. The van der Waals surface area contributed by atoms with Crippen molar-refractivity contribution in [2.24, 2.45) is 0 Å². The molecular weight excluding hydrogens is 451 g/mol. The average molecular weight is 479 g/mol. The first-order valence-electron chi connectivity index (χ1n) is 11.5. The standard InChI is InChI=1S/C26H27FN4O4/c1-17-8-13-22(35-17)23(24(32)29-15-18-9-11-19(27)12-10-18)31(21-7-4-14-28-16-21)26(34)25(33)30-20-5-2-3-6-20/h4,7-14,16,20,23H,2-3,5-6,15H2,1H3,(H,29,32)(H,30,33). The van der Waals surface area contributed by atoms with Gasteiger partial charge in [0.1, 0.15) is 17.3 Å². The van der Waals surface area contributed by atoms with Gasteiger partial charge in [0.15, 0.2) is 6.04 Å². The highest BCUT2D eigenvalue weighted by Crippen LogP contribution is 2.29. The molecule has 1 atom stereocenters. The van der Waals surface area contributed by atoms with Crippen molar-refractivity contribution >= 4 is 23.4 Å². The summed E-state index contributed by atoms with van der Waals surface area (Å²) < 4.78 is 19.0. The van der Waals surface area contributed by atoms with Crippen LogP contribution in [0.1, 0.15) is 48.8 Å². The number of amides is 3. The number of benzene rings is 1. The number of carbonyl (C=O) groups is 3. The summed E-state index contributed by atoms with van der Waals surface area (Å²) in [6.07, 6.45) is 6.55. The molecule has 0 spiro atoms. The van der Waals surface area contributed by atoms with Gasteiger partial charge in [-0.1, -0.05) is 25.0 Å². The topological polar surface area (TPSA) is 105 Å². The highest BCUT2D eigenvalue weighted by atomic mass is 19.1. The van der Waals surface area contributed by atoms with Crippen molar-refractivity contribution in [2.75, 3.05) is 4.90 Å². The molecule has 0 radical (unpaired) electrons. The molecule has 1 aliphatic rings. The summed E-state index contributed by atoms with van der Waals surface area (Å²) in [5.41, 5.74) is 0.947. The molecule has 182 valence electrons. The first-order valence-corrected chi connectivity index (χ1v) is 11.5. The van der Waals surface area contributed by atoms with Crippen molar-refractivity contribution < 1.29 is 23.2 Å². The van der Waals surface area contributed by atoms with Crippen molar-refractivity contribution in [3.63, 3.8) is 0 Å². The smallest absolute Gasteiger partial charge is 0.317 e. The van der Waals surface area contributed by atoms with Crippen LogP contribution >= 0.6 is 0 Å². The molecule has 9 heteroatoms. The Balaban J connectivity index is 1.65. The number of hydrogen-bond donors (Lipinski definition) is 2. The fourth-order valence-corrected chi connectivity index (χ4v) is 4.17. The molecule has 4 rings (SSSR count). The number of anilines is 1. The van der Waals surface area contributed by atoms with Crippen LogP contribution in [0.15, 0.2) is 65.3 Å². The Morgan fingerprint density at radius 3 is 2.49 bits per heavy atom. The van der Waals surface area contributed by atoms with E-state index < -0.39 is 23.8 Å². The van der Waals surface area contributed by atoms with E-state index in [4.69, 9.17) is 4.42 Å². The lowest BCUT2D eigenvalue weighted by Gasteiger charge is -2.29. The third kappa shape index (κ3) is 5.92. The molecule has 2 aromatic heterocycles. The first-order chi connectivity index (χ1) is 16.9. The van der Waals surface area contributed by atoms with Crippen molar-refractivity contribution in [2.45, 2.75) is 51.2 Å². The van der Waals surface area contributed by atoms with Gasteiger partial charge in [0.25, 0.3) is 5.91 Å². The molecule has 3 amide bonds. The van der Waals surface area contributed by atoms with Gasteiger partial charge in [-0.3, -0.25) is 24.3 Å². The van der Waals surface area contributed by atoms with E-state index in [0.29, 0.717) is 11.3 Å². The Morgan fingerprint density at radius 1 is 1.11 bits per heavy atom. The Kier molecular flexibility index (Phi) is 7.54. The highest BCUT2D eigenvalue weighted by molar-refractivity contribution is 6.41. The predicted molar refractivity (Wildman–Crippen MR) is 127 cm³/mol. The molecule has 1 saturated carbocycles. The molecule has 2 heterocycles. The Morgan fingerprint density at radius 2 is 1.86 bits per heavy atom. The maximum atomic E-state index is 13.5. The monoisotopic (exact) mass is 478 g/mol. The van der Waals surface area contributed by atoms with Crippen LogP contribution in [-0.4, -0.2) is 28.7 Å². The van der Waals surface area contributed by atoms with Crippen LogP contribution < -0.4 is 15.5 Å². The Labute approximate surface area is 202 Å². The molecule has 2 N–H and O–H groups in total. The third-order valence-corrected chi connectivity index (χ3v) is 5.94. The van der Waals surface area contributed by atoms with Crippen LogP contribution in [0.5, 0.6) is 0 Å². The second-order valence-corrected chi connectivity index (χ2v) is 8.54. The van der Waals surface area contributed by atoms with Gasteiger partial charge in [-0.25, -0.2) is 4.39 Å². The number of nitrogens with one attached hydrogen (secondary N) is 2. The van der Waals surface area contributed by atoms with Crippen molar-refractivity contribution in [1.82, 2.24) is 15.6 Å². The zero-order valence-electron chi connectivity index (χ0n) is 19.4. The lowest BCUT2D eigenvalue weighted by Crippen LogP contribution is -2.50. The minimum Gasteiger partial charge on any atom is -0.464 e. The van der Waals surface area contributed by atoms with E-state index in [0.717, 1.165) is 30.6 Å². The summed E-state index contributed by atoms with van der Waals surface area (Å²) in [7, 11) is 0. The zero-order valence-corrected chi connectivity index (χ0v) is 19.4. The molecule has 0 aliphatic heterocycles. The molecule has 1 aliphatic carbocycles. The predicted octanol–water partition coefficient (Wildman–Crippen LogP) is 3.57. The van der Waals surface area contributed by atoms with Gasteiger partial charge in [-0.05, 0) is 61.7 Å². The number of nitrogens with zero attached hydrogens (tertiary/aromatic N) is 2. The zero-order chi connectivity index (χ0) is 24.8. The lowest BCUT2D eigenvalue weighted by molar-refractivity contribution is -0.139. The summed E-state index contributed by atoms with van der Waals surface area (Å²) in [6.45, 7) is 1.82. The van der Waals surface area contributed by atoms with Crippen LogP contribution in [0.4, 0.5) is 10.1 Å². The number of aromatic nitrogens is 1. The van der Waals surface area contributed by atoms with E-state index in [9.17, 15) is 18.8 Å². The molecule has 0 saturated heterocycles. The number of furan rings is 1. The van der Waals surface area contributed by atoms with Crippen molar-refractivity contribution in [3.8, 4) is 0 Å². The second kappa shape index (κ2) is 10.9. The summed E-state index contributed by atoms with van der Waals surface area (Å²) >= 11 is 0. The number of carbonyl (C=O) groups excluding carboxylic acids is 3. The van der Waals surface area contributed by atoms with Gasteiger partial charge >= 0.3 is 11.8 Å². The average Bonchev–Trinajstić information content (AvgIpc) is 3.53. The van der Waals surface area contributed by atoms with Gasteiger partial charge in [-0.15, -0.1) is 0 Å². The summed E-state index contributed by atoms with van der Waals surface area (Å²) in [5.74, 6) is -1.88. The second-order valence-electron chi connectivity index (χ2n) is 8.54. The maximum Gasteiger partial charge on any atom is 0.317 e. The fourth-order valence-electron chi connectivity index (χ4n) is 4.17. The first kappa shape index (κ1) is 24.1. The molecule has 8 nitrogen and oxygen atoms in total. The number of aryl methyl sites for hydroxylation is 1. The molecule has 0 bridgehead atoms. The minimum atomic E-state index is -1.27. The van der Waals surface area contributed by atoms with E-state index in [-0.39, 0.29) is 29.9 Å². The number of pyridine rings is 1. The van der Waals surface area contributed by atoms with Crippen LogP contribution in [0, 0.1) is 12.7 Å². The van der Waals surface area contributed by atoms with Crippen LogP contribution in [0.25, 0.3) is 0 Å². The SMILES string of the molecule is Cc1ccc(C(C(=O)NCc2ccc(F)cc2)N(C(=O)C(=O)NC2CCCC2)c2cccnc2)o1. The van der Waals surface area contributed by atoms with Crippen molar-refractivity contribution in [1.29, 1.82) is 0 Å². The van der Waals surface area contributed by atoms with Gasteiger partial charge in [0, 0.05) is 18.8 Å². The van der Waals surface area contributed by atoms with E-state index in [2.05, 4.69) is 15.6 Å². The van der Waals surface area contributed by atoms with E-state index in [1.54, 1.807) is 43.3 Å². The lowest BCUT2D eigenvalue weighted by atomic mass is 10.1. The number of rotatable bonds is 7. The number of halogens is 1. The fraction of sp³-hybridized carbons (Fsp3) is 0.308. The van der Waals surface area contributed by atoms with E-state index in [1.807, 2.05) is 0 Å². The van der Waals surface area contributed by atoms with E-state index in [1.165, 1.54) is 24.5 Å². The van der Waals surface area contributed by atoms with Crippen LogP contribution in [0.3, 0.4) is 0 Å². The van der Waals surface area contributed by atoms with Crippen LogP contribution in [0.2, 0.25) is 0 Å². The Bertz CT molecular complexity index is 1170. The minimum absolute atomic E-state index is 0.0705. The Hall–Kier alpha value is -4.01. The summed E-state index contributed by atoms with van der Waals surface area (Å²) in [5, 5.41) is 5.57.